The Labute approximate surface area is 107 Å². The summed E-state index contributed by atoms with van der Waals surface area (Å²) in [4.78, 5) is 2.10. The molecule has 17 heavy (non-hydrogen) atoms. The van der Waals surface area contributed by atoms with Gasteiger partial charge in [0.05, 0.1) is 0 Å². The van der Waals surface area contributed by atoms with Crippen LogP contribution >= 0.6 is 11.6 Å². The Morgan fingerprint density at radius 2 is 2.18 bits per heavy atom. The molecule has 3 atom stereocenters. The summed E-state index contributed by atoms with van der Waals surface area (Å²) in [5.74, 6) is 1.28. The lowest BCUT2D eigenvalue weighted by atomic mass is 9.86. The summed E-state index contributed by atoms with van der Waals surface area (Å²) in [6.07, 6.45) is 5.01. The lowest BCUT2D eigenvalue weighted by Gasteiger charge is -2.32. The molecule has 1 heterocycles. The van der Waals surface area contributed by atoms with Crippen LogP contribution in [0.5, 0.6) is 0 Å². The maximum absolute atomic E-state index is 5.92. The molecule has 1 aromatic rings. The molecule has 0 saturated heterocycles. The van der Waals surface area contributed by atoms with E-state index in [0.717, 1.165) is 5.92 Å². The highest BCUT2D eigenvalue weighted by Gasteiger charge is 2.25. The van der Waals surface area contributed by atoms with E-state index in [4.69, 9.17) is 16.0 Å². The van der Waals surface area contributed by atoms with Gasteiger partial charge in [0.2, 0.25) is 5.89 Å². The van der Waals surface area contributed by atoms with Crippen LogP contribution in [0.25, 0.3) is 0 Å². The average Bonchev–Trinajstić information content (AvgIpc) is 2.77. The maximum atomic E-state index is 5.92. The standard InChI is InChI=1S/C12H20ClN3O/c1-8-5-4-6-10(7-8)16(3)12-15-14-11(17-12)9(2)13/h8-10H,4-7H2,1-3H3. The summed E-state index contributed by atoms with van der Waals surface area (Å²) in [6.45, 7) is 4.14. The number of alkyl halides is 1. The summed E-state index contributed by atoms with van der Waals surface area (Å²) in [7, 11) is 2.03. The van der Waals surface area contributed by atoms with Crippen LogP contribution in [0.15, 0.2) is 4.42 Å². The van der Waals surface area contributed by atoms with Gasteiger partial charge in [-0.1, -0.05) is 24.9 Å². The van der Waals surface area contributed by atoms with Crippen LogP contribution in [0.4, 0.5) is 6.01 Å². The summed E-state index contributed by atoms with van der Waals surface area (Å²) in [5.41, 5.74) is 0. The van der Waals surface area contributed by atoms with Gasteiger partial charge in [-0.25, -0.2) is 0 Å². The molecule has 5 heteroatoms. The molecular formula is C12H20ClN3O. The Bertz CT molecular complexity index is 366. The number of nitrogens with zero attached hydrogens (tertiary/aromatic N) is 3. The van der Waals surface area contributed by atoms with Crippen molar-refractivity contribution in [3.8, 4) is 0 Å². The molecule has 0 amide bonds. The zero-order valence-corrected chi connectivity index (χ0v) is 11.4. The number of halogens is 1. The smallest absolute Gasteiger partial charge is 0.318 e. The first kappa shape index (κ1) is 12.7. The molecule has 2 rings (SSSR count). The van der Waals surface area contributed by atoms with Crippen molar-refractivity contribution in [1.29, 1.82) is 0 Å². The first-order valence-electron chi connectivity index (χ1n) is 6.28. The molecule has 0 radical (unpaired) electrons. The second-order valence-electron chi connectivity index (χ2n) is 5.08. The number of anilines is 1. The van der Waals surface area contributed by atoms with E-state index in [2.05, 4.69) is 22.0 Å². The van der Waals surface area contributed by atoms with E-state index in [1.807, 2.05) is 14.0 Å². The summed E-state index contributed by atoms with van der Waals surface area (Å²) >= 11 is 5.92. The Morgan fingerprint density at radius 3 is 2.76 bits per heavy atom. The third kappa shape index (κ3) is 2.92. The highest BCUT2D eigenvalue weighted by molar-refractivity contribution is 6.20. The van der Waals surface area contributed by atoms with Gasteiger partial charge in [-0.3, -0.25) is 0 Å². The molecule has 1 aliphatic rings. The van der Waals surface area contributed by atoms with E-state index in [9.17, 15) is 0 Å². The molecule has 3 unspecified atom stereocenters. The lowest BCUT2D eigenvalue weighted by Crippen LogP contribution is -2.35. The summed E-state index contributed by atoms with van der Waals surface area (Å²) in [5, 5.41) is 7.80. The van der Waals surface area contributed by atoms with Gasteiger partial charge >= 0.3 is 6.01 Å². The fourth-order valence-electron chi connectivity index (χ4n) is 2.44. The molecule has 0 aromatic carbocycles. The van der Waals surface area contributed by atoms with Gasteiger partial charge in [0.25, 0.3) is 0 Å². The molecule has 0 spiro atoms. The molecule has 0 bridgehead atoms. The Hall–Kier alpha value is -0.770. The van der Waals surface area contributed by atoms with Crippen LogP contribution < -0.4 is 4.90 Å². The molecule has 4 nitrogen and oxygen atoms in total. The van der Waals surface area contributed by atoms with Gasteiger partial charge in [-0.2, -0.15) is 0 Å². The van der Waals surface area contributed by atoms with Crippen LogP contribution in [0, 0.1) is 5.92 Å². The van der Waals surface area contributed by atoms with E-state index < -0.39 is 0 Å². The van der Waals surface area contributed by atoms with Crippen molar-refractivity contribution in [3.05, 3.63) is 5.89 Å². The van der Waals surface area contributed by atoms with Crippen molar-refractivity contribution in [1.82, 2.24) is 10.2 Å². The van der Waals surface area contributed by atoms with E-state index in [1.54, 1.807) is 0 Å². The topological polar surface area (TPSA) is 42.2 Å². The third-order valence-corrected chi connectivity index (χ3v) is 3.72. The monoisotopic (exact) mass is 257 g/mol. The van der Waals surface area contributed by atoms with Crippen molar-refractivity contribution in [3.63, 3.8) is 0 Å². The molecule has 96 valence electrons. The first-order chi connectivity index (χ1) is 8.08. The van der Waals surface area contributed by atoms with Gasteiger partial charge in [0.1, 0.15) is 5.38 Å². The highest BCUT2D eigenvalue weighted by Crippen LogP contribution is 2.30. The number of rotatable bonds is 3. The third-order valence-electron chi connectivity index (χ3n) is 3.53. The van der Waals surface area contributed by atoms with Gasteiger partial charge in [0, 0.05) is 13.1 Å². The molecule has 1 fully saturated rings. The fourth-order valence-corrected chi connectivity index (χ4v) is 2.53. The van der Waals surface area contributed by atoms with Crippen molar-refractivity contribution in [2.75, 3.05) is 11.9 Å². The lowest BCUT2D eigenvalue weighted by molar-refractivity contribution is 0.326. The predicted molar refractivity (Wildman–Crippen MR) is 68.4 cm³/mol. The van der Waals surface area contributed by atoms with Crippen LogP contribution in [-0.4, -0.2) is 23.3 Å². The largest absolute Gasteiger partial charge is 0.406 e. The van der Waals surface area contributed by atoms with Crippen LogP contribution in [-0.2, 0) is 0 Å². The fraction of sp³-hybridized carbons (Fsp3) is 0.833. The van der Waals surface area contributed by atoms with Crippen LogP contribution in [0.3, 0.4) is 0 Å². The Morgan fingerprint density at radius 1 is 1.41 bits per heavy atom. The van der Waals surface area contributed by atoms with E-state index in [0.29, 0.717) is 17.9 Å². The van der Waals surface area contributed by atoms with Crippen molar-refractivity contribution >= 4 is 17.6 Å². The molecule has 0 aliphatic heterocycles. The second-order valence-corrected chi connectivity index (χ2v) is 5.73. The first-order valence-corrected chi connectivity index (χ1v) is 6.72. The summed E-state index contributed by atoms with van der Waals surface area (Å²) < 4.78 is 5.57. The van der Waals surface area contributed by atoms with Crippen LogP contribution in [0.1, 0.15) is 50.8 Å². The van der Waals surface area contributed by atoms with Crippen molar-refractivity contribution in [2.24, 2.45) is 5.92 Å². The Kier molecular flexibility index (Phi) is 3.92. The van der Waals surface area contributed by atoms with Gasteiger partial charge in [0.15, 0.2) is 0 Å². The van der Waals surface area contributed by atoms with E-state index >= 15 is 0 Å². The van der Waals surface area contributed by atoms with Gasteiger partial charge < -0.3 is 9.32 Å². The number of hydrogen-bond acceptors (Lipinski definition) is 4. The molecular weight excluding hydrogens is 238 g/mol. The van der Waals surface area contributed by atoms with Gasteiger partial charge in [-0.05, 0) is 25.7 Å². The average molecular weight is 258 g/mol. The molecule has 0 N–H and O–H groups in total. The van der Waals surface area contributed by atoms with Crippen molar-refractivity contribution < 1.29 is 4.42 Å². The van der Waals surface area contributed by atoms with Crippen molar-refractivity contribution in [2.45, 2.75) is 50.9 Å². The quantitative estimate of drug-likeness (QED) is 0.779. The van der Waals surface area contributed by atoms with Crippen LogP contribution in [0.2, 0.25) is 0 Å². The normalized spacial score (nSPS) is 26.8. The number of hydrogen-bond donors (Lipinski definition) is 0. The minimum atomic E-state index is -0.227. The minimum Gasteiger partial charge on any atom is -0.406 e. The maximum Gasteiger partial charge on any atom is 0.318 e. The van der Waals surface area contributed by atoms with E-state index in [-0.39, 0.29) is 5.38 Å². The highest BCUT2D eigenvalue weighted by atomic mass is 35.5. The molecule has 1 aromatic heterocycles. The molecule has 1 aliphatic carbocycles. The second kappa shape index (κ2) is 5.25. The zero-order valence-electron chi connectivity index (χ0n) is 10.7. The van der Waals surface area contributed by atoms with Gasteiger partial charge in [-0.15, -0.1) is 16.7 Å². The van der Waals surface area contributed by atoms with E-state index in [1.165, 1.54) is 25.7 Å². The zero-order chi connectivity index (χ0) is 12.4. The predicted octanol–water partition coefficient (Wildman–Crippen LogP) is 3.38. The SMILES string of the molecule is CC1CCCC(N(C)c2nnc(C(C)Cl)o2)C1. The Balaban J connectivity index is 2.04. The minimum absolute atomic E-state index is 0.227. The summed E-state index contributed by atoms with van der Waals surface area (Å²) in [6, 6.07) is 1.10. The molecule has 1 saturated carbocycles. The number of aromatic nitrogens is 2.